The molecule has 27 heavy (non-hydrogen) atoms. The van der Waals surface area contributed by atoms with Gasteiger partial charge in [0.05, 0.1) is 16.7 Å². The van der Waals surface area contributed by atoms with Gasteiger partial charge in [-0.1, -0.05) is 30.3 Å². The summed E-state index contributed by atoms with van der Waals surface area (Å²) in [6, 6.07) is 14.2. The quantitative estimate of drug-likeness (QED) is 0.662. The van der Waals surface area contributed by atoms with Gasteiger partial charge in [0, 0.05) is 29.8 Å². The lowest BCUT2D eigenvalue weighted by Crippen LogP contribution is -2.49. The standard InChI is InChI=1S/C20H17N3O4/c24-17-11-5-10-16-18(17)19(13-6-4-9-15(12-13)23(26)27)21-20(25)22(16)14-7-2-1-3-8-14/h1-4,6-9,12,19H,5,10-11H2,(H,21,25)/t19-/m0/s1. The number of nitro groups is 1. The zero-order valence-corrected chi connectivity index (χ0v) is 14.4. The summed E-state index contributed by atoms with van der Waals surface area (Å²) in [5.41, 5.74) is 2.35. The maximum Gasteiger partial charge on any atom is 0.327 e. The van der Waals surface area contributed by atoms with Gasteiger partial charge in [-0.2, -0.15) is 0 Å². The van der Waals surface area contributed by atoms with E-state index >= 15 is 0 Å². The van der Waals surface area contributed by atoms with Crippen LogP contribution in [0.5, 0.6) is 0 Å². The summed E-state index contributed by atoms with van der Waals surface area (Å²) < 4.78 is 0. The van der Waals surface area contributed by atoms with E-state index in [9.17, 15) is 19.7 Å². The second-order valence-corrected chi connectivity index (χ2v) is 6.54. The number of urea groups is 1. The van der Waals surface area contributed by atoms with Crippen molar-refractivity contribution in [1.82, 2.24) is 5.32 Å². The Kier molecular flexibility index (Phi) is 4.19. The highest BCUT2D eigenvalue weighted by Gasteiger charge is 2.39. The van der Waals surface area contributed by atoms with Crippen molar-refractivity contribution in [3.05, 3.63) is 81.5 Å². The summed E-state index contributed by atoms with van der Waals surface area (Å²) in [5.74, 6) is -0.0336. The van der Waals surface area contributed by atoms with Crippen molar-refractivity contribution >= 4 is 23.2 Å². The molecule has 7 heteroatoms. The summed E-state index contributed by atoms with van der Waals surface area (Å²) >= 11 is 0. The second-order valence-electron chi connectivity index (χ2n) is 6.54. The third-order valence-corrected chi connectivity index (χ3v) is 4.89. The summed E-state index contributed by atoms with van der Waals surface area (Å²) in [6.07, 6.45) is 1.69. The van der Waals surface area contributed by atoms with Crippen molar-refractivity contribution in [2.24, 2.45) is 0 Å². The van der Waals surface area contributed by atoms with Crippen LogP contribution in [0.3, 0.4) is 0 Å². The van der Waals surface area contributed by atoms with Gasteiger partial charge in [-0.15, -0.1) is 0 Å². The minimum absolute atomic E-state index is 0.0336. The summed E-state index contributed by atoms with van der Waals surface area (Å²) in [7, 11) is 0. The molecule has 0 spiro atoms. The number of rotatable bonds is 3. The molecule has 0 radical (unpaired) electrons. The molecule has 1 aliphatic carbocycles. The zero-order valence-electron chi connectivity index (χ0n) is 14.4. The fourth-order valence-electron chi connectivity index (χ4n) is 3.71. The van der Waals surface area contributed by atoms with E-state index in [1.165, 1.54) is 12.1 Å². The van der Waals surface area contributed by atoms with E-state index in [1.807, 2.05) is 30.3 Å². The van der Waals surface area contributed by atoms with Gasteiger partial charge in [0.25, 0.3) is 5.69 Å². The first kappa shape index (κ1) is 17.0. The number of allylic oxidation sites excluding steroid dienone is 1. The molecule has 7 nitrogen and oxygen atoms in total. The van der Waals surface area contributed by atoms with Gasteiger partial charge in [-0.25, -0.2) is 4.79 Å². The van der Waals surface area contributed by atoms with E-state index in [-0.39, 0.29) is 17.5 Å². The molecule has 0 unspecified atom stereocenters. The van der Waals surface area contributed by atoms with E-state index in [4.69, 9.17) is 0 Å². The molecule has 2 aliphatic rings. The topological polar surface area (TPSA) is 92.5 Å². The minimum Gasteiger partial charge on any atom is -0.326 e. The first-order chi connectivity index (χ1) is 13.1. The molecule has 136 valence electrons. The number of ketones is 1. The second kappa shape index (κ2) is 6.68. The predicted molar refractivity (Wildman–Crippen MR) is 99.2 cm³/mol. The molecular formula is C20H17N3O4. The first-order valence-electron chi connectivity index (χ1n) is 8.72. The van der Waals surface area contributed by atoms with Crippen LogP contribution in [-0.4, -0.2) is 16.7 Å². The molecular weight excluding hydrogens is 346 g/mol. The Morgan fingerprint density at radius 3 is 2.56 bits per heavy atom. The molecule has 0 bridgehead atoms. The van der Waals surface area contributed by atoms with Crippen LogP contribution in [-0.2, 0) is 4.79 Å². The fourth-order valence-corrected chi connectivity index (χ4v) is 3.71. The Morgan fingerprint density at radius 2 is 1.81 bits per heavy atom. The molecule has 0 fully saturated rings. The zero-order chi connectivity index (χ0) is 19.0. The molecule has 2 aromatic rings. The number of carbonyl (C=O) groups excluding carboxylic acids is 2. The van der Waals surface area contributed by atoms with Crippen molar-refractivity contribution in [2.45, 2.75) is 25.3 Å². The number of hydrogen-bond donors (Lipinski definition) is 1. The average Bonchev–Trinajstić information content (AvgIpc) is 2.68. The van der Waals surface area contributed by atoms with Crippen molar-refractivity contribution in [2.75, 3.05) is 4.90 Å². The molecule has 2 aromatic carbocycles. The molecule has 1 atom stereocenters. The molecule has 2 amide bonds. The van der Waals surface area contributed by atoms with Crippen LogP contribution in [0.2, 0.25) is 0 Å². The van der Waals surface area contributed by atoms with Crippen LogP contribution in [0.15, 0.2) is 65.9 Å². The van der Waals surface area contributed by atoms with Crippen LogP contribution in [0.25, 0.3) is 0 Å². The number of non-ortho nitro benzene ring substituents is 1. The van der Waals surface area contributed by atoms with Gasteiger partial charge < -0.3 is 5.32 Å². The maximum atomic E-state index is 12.9. The Balaban J connectivity index is 1.85. The summed E-state index contributed by atoms with van der Waals surface area (Å²) in [5, 5.41) is 14.0. The van der Waals surface area contributed by atoms with E-state index in [1.54, 1.807) is 17.0 Å². The predicted octanol–water partition coefficient (Wildman–Crippen LogP) is 3.87. The SMILES string of the molecule is O=C1CCCC2=C1[C@H](c1cccc([N+](=O)[O-])c1)NC(=O)N2c1ccccc1. The molecule has 0 saturated heterocycles. The third-order valence-electron chi connectivity index (χ3n) is 4.89. The van der Waals surface area contributed by atoms with E-state index in [0.29, 0.717) is 41.8 Å². The van der Waals surface area contributed by atoms with Crippen LogP contribution in [0.4, 0.5) is 16.2 Å². The number of para-hydroxylation sites is 1. The number of Topliss-reactive ketones (excluding diaryl/α,β-unsaturated/α-hetero) is 1. The van der Waals surface area contributed by atoms with Gasteiger partial charge in [0.15, 0.2) is 5.78 Å². The lowest BCUT2D eigenvalue weighted by Gasteiger charge is -2.39. The summed E-state index contributed by atoms with van der Waals surface area (Å²) in [6.45, 7) is 0. The van der Waals surface area contributed by atoms with E-state index in [2.05, 4.69) is 5.32 Å². The number of hydrogen-bond acceptors (Lipinski definition) is 4. The molecule has 0 saturated carbocycles. The Hall–Kier alpha value is -3.48. The molecule has 0 aromatic heterocycles. The van der Waals surface area contributed by atoms with Crippen LogP contribution < -0.4 is 10.2 Å². The highest BCUT2D eigenvalue weighted by atomic mass is 16.6. The number of nitrogens with zero attached hydrogens (tertiary/aromatic N) is 2. The first-order valence-corrected chi connectivity index (χ1v) is 8.72. The highest BCUT2D eigenvalue weighted by molar-refractivity contribution is 6.06. The van der Waals surface area contributed by atoms with Gasteiger partial charge in [0.1, 0.15) is 0 Å². The van der Waals surface area contributed by atoms with Crippen molar-refractivity contribution in [3.8, 4) is 0 Å². The van der Waals surface area contributed by atoms with E-state index < -0.39 is 11.0 Å². The number of amides is 2. The lowest BCUT2D eigenvalue weighted by atomic mass is 9.84. The maximum absolute atomic E-state index is 12.9. The third kappa shape index (κ3) is 2.97. The minimum atomic E-state index is -0.680. The van der Waals surface area contributed by atoms with Crippen molar-refractivity contribution in [1.29, 1.82) is 0 Å². The number of carbonyl (C=O) groups is 2. The van der Waals surface area contributed by atoms with Gasteiger partial charge in [0.2, 0.25) is 0 Å². The largest absolute Gasteiger partial charge is 0.327 e. The van der Waals surface area contributed by atoms with Crippen LogP contribution in [0.1, 0.15) is 30.9 Å². The molecule has 1 aliphatic heterocycles. The highest BCUT2D eigenvalue weighted by Crippen LogP contribution is 2.39. The smallest absolute Gasteiger partial charge is 0.326 e. The molecule has 4 rings (SSSR count). The number of benzene rings is 2. The number of anilines is 1. The fraction of sp³-hybridized carbons (Fsp3) is 0.200. The lowest BCUT2D eigenvalue weighted by molar-refractivity contribution is -0.384. The molecule has 1 N–H and O–H groups in total. The van der Waals surface area contributed by atoms with Gasteiger partial charge in [-0.05, 0) is 30.5 Å². The Labute approximate surface area is 155 Å². The van der Waals surface area contributed by atoms with Gasteiger partial charge >= 0.3 is 6.03 Å². The molecule has 1 heterocycles. The number of nitrogens with one attached hydrogen (secondary N) is 1. The average molecular weight is 363 g/mol. The normalized spacial score (nSPS) is 19.6. The van der Waals surface area contributed by atoms with E-state index in [0.717, 1.165) is 0 Å². The Bertz CT molecular complexity index is 968. The Morgan fingerprint density at radius 1 is 1.04 bits per heavy atom. The van der Waals surface area contributed by atoms with Crippen molar-refractivity contribution in [3.63, 3.8) is 0 Å². The van der Waals surface area contributed by atoms with Crippen LogP contribution >= 0.6 is 0 Å². The van der Waals surface area contributed by atoms with Crippen molar-refractivity contribution < 1.29 is 14.5 Å². The van der Waals surface area contributed by atoms with Crippen LogP contribution in [0, 0.1) is 10.1 Å². The van der Waals surface area contributed by atoms with Gasteiger partial charge in [-0.3, -0.25) is 19.8 Å². The monoisotopic (exact) mass is 363 g/mol. The summed E-state index contributed by atoms with van der Waals surface area (Å²) in [4.78, 5) is 37.8. The number of nitro benzene ring substituents is 1.